The van der Waals surface area contributed by atoms with Crippen LogP contribution in [0.15, 0.2) is 30.3 Å². The van der Waals surface area contributed by atoms with Crippen molar-refractivity contribution in [3.63, 3.8) is 0 Å². The number of nitrogens with zero attached hydrogens (tertiary/aromatic N) is 1. The van der Waals surface area contributed by atoms with Crippen LogP contribution in [0.5, 0.6) is 0 Å². The molecule has 3 amide bonds. The quantitative estimate of drug-likeness (QED) is 0.698. The highest BCUT2D eigenvalue weighted by Gasteiger charge is 2.36. The molecule has 0 unspecified atom stereocenters. The lowest BCUT2D eigenvalue weighted by Gasteiger charge is -2.39. The second-order valence-corrected chi connectivity index (χ2v) is 8.50. The number of benzene rings is 1. The minimum Gasteiger partial charge on any atom is -0.369 e. The van der Waals surface area contributed by atoms with Crippen molar-refractivity contribution >= 4 is 17.6 Å². The molecular formula is C23H35N3O2. The number of anilines is 1. The number of rotatable bonds is 7. The predicted octanol–water partition coefficient (Wildman–Crippen LogP) is 4.93. The molecule has 5 heteroatoms. The highest BCUT2D eigenvalue weighted by atomic mass is 16.2. The van der Waals surface area contributed by atoms with Crippen LogP contribution in [0.1, 0.15) is 70.6 Å². The van der Waals surface area contributed by atoms with Crippen LogP contribution in [-0.4, -0.2) is 29.4 Å². The van der Waals surface area contributed by atoms with Gasteiger partial charge in [-0.1, -0.05) is 63.1 Å². The zero-order valence-electron chi connectivity index (χ0n) is 16.9. The Kier molecular flexibility index (Phi) is 7.75. The van der Waals surface area contributed by atoms with E-state index in [-0.39, 0.29) is 23.9 Å². The van der Waals surface area contributed by atoms with E-state index >= 15 is 0 Å². The monoisotopic (exact) mass is 385 g/mol. The van der Waals surface area contributed by atoms with E-state index in [1.807, 2.05) is 35.2 Å². The normalized spacial score (nSPS) is 23.1. The van der Waals surface area contributed by atoms with Crippen molar-refractivity contribution in [3.8, 4) is 0 Å². The van der Waals surface area contributed by atoms with E-state index < -0.39 is 0 Å². The van der Waals surface area contributed by atoms with Crippen molar-refractivity contribution in [1.82, 2.24) is 4.90 Å². The standard InChI is InChI=1S/C23H35N3O2/c24-22(27)20-15-7-8-16-21(20)26(17-9-12-18-10-3-1-4-11-18)23(28)25-19-13-5-2-6-14-19/h2,5-6,13-14,18,20-21H,1,3-4,7-12,15-17H2,(H2,24,27)(H,25,28)/t20-,21-/m1/s1. The van der Waals surface area contributed by atoms with Gasteiger partial charge in [0.2, 0.25) is 5.91 Å². The van der Waals surface area contributed by atoms with Gasteiger partial charge in [0, 0.05) is 18.3 Å². The summed E-state index contributed by atoms with van der Waals surface area (Å²) in [6, 6.07) is 9.36. The Morgan fingerprint density at radius 2 is 1.64 bits per heavy atom. The van der Waals surface area contributed by atoms with E-state index in [0.717, 1.165) is 43.7 Å². The van der Waals surface area contributed by atoms with Gasteiger partial charge in [-0.2, -0.15) is 0 Å². The Labute approximate surface area is 169 Å². The zero-order chi connectivity index (χ0) is 19.8. The molecule has 0 aromatic heterocycles. The molecule has 2 fully saturated rings. The number of urea groups is 1. The van der Waals surface area contributed by atoms with E-state index in [9.17, 15) is 9.59 Å². The van der Waals surface area contributed by atoms with Crippen LogP contribution in [0.2, 0.25) is 0 Å². The highest BCUT2D eigenvalue weighted by Crippen LogP contribution is 2.31. The van der Waals surface area contributed by atoms with Gasteiger partial charge >= 0.3 is 6.03 Å². The first-order valence-corrected chi connectivity index (χ1v) is 11.1. The first kappa shape index (κ1) is 20.7. The molecular weight excluding hydrogens is 350 g/mol. The third kappa shape index (κ3) is 5.73. The fourth-order valence-electron chi connectivity index (χ4n) is 4.98. The second-order valence-electron chi connectivity index (χ2n) is 8.50. The predicted molar refractivity (Wildman–Crippen MR) is 113 cm³/mol. The number of hydrogen-bond donors (Lipinski definition) is 2. The number of para-hydroxylation sites is 1. The number of carbonyl (C=O) groups excluding carboxylic acids is 2. The molecule has 2 atom stereocenters. The van der Waals surface area contributed by atoms with Crippen molar-refractivity contribution in [2.45, 2.75) is 76.7 Å². The summed E-state index contributed by atoms with van der Waals surface area (Å²) in [6.07, 6.45) is 12.6. The van der Waals surface area contributed by atoms with E-state index in [4.69, 9.17) is 5.73 Å². The first-order valence-electron chi connectivity index (χ1n) is 11.1. The Morgan fingerprint density at radius 1 is 0.964 bits per heavy atom. The van der Waals surface area contributed by atoms with Crippen LogP contribution in [0.4, 0.5) is 10.5 Å². The maximum Gasteiger partial charge on any atom is 0.322 e. The molecule has 3 rings (SSSR count). The molecule has 5 nitrogen and oxygen atoms in total. The summed E-state index contributed by atoms with van der Waals surface area (Å²) < 4.78 is 0. The number of nitrogens with two attached hydrogens (primary N) is 1. The summed E-state index contributed by atoms with van der Waals surface area (Å²) in [7, 11) is 0. The summed E-state index contributed by atoms with van der Waals surface area (Å²) >= 11 is 0. The molecule has 28 heavy (non-hydrogen) atoms. The highest BCUT2D eigenvalue weighted by molar-refractivity contribution is 5.90. The average molecular weight is 386 g/mol. The van der Waals surface area contributed by atoms with Gasteiger partial charge in [0.1, 0.15) is 0 Å². The molecule has 1 aromatic carbocycles. The van der Waals surface area contributed by atoms with Gasteiger partial charge in [0.05, 0.1) is 5.92 Å². The second kappa shape index (κ2) is 10.5. The van der Waals surface area contributed by atoms with E-state index in [2.05, 4.69) is 5.32 Å². The van der Waals surface area contributed by atoms with Crippen molar-refractivity contribution < 1.29 is 9.59 Å². The smallest absolute Gasteiger partial charge is 0.322 e. The summed E-state index contributed by atoms with van der Waals surface area (Å²) in [5.41, 5.74) is 6.48. The summed E-state index contributed by atoms with van der Waals surface area (Å²) in [5, 5.41) is 3.02. The van der Waals surface area contributed by atoms with E-state index in [1.165, 1.54) is 38.5 Å². The molecule has 0 bridgehead atoms. The molecule has 2 saturated carbocycles. The molecule has 2 aliphatic carbocycles. The molecule has 2 aliphatic rings. The van der Waals surface area contributed by atoms with Gasteiger partial charge in [-0.05, 0) is 43.7 Å². The largest absolute Gasteiger partial charge is 0.369 e. The third-order valence-corrected chi connectivity index (χ3v) is 6.52. The van der Waals surface area contributed by atoms with Crippen molar-refractivity contribution in [3.05, 3.63) is 30.3 Å². The average Bonchev–Trinajstić information content (AvgIpc) is 2.72. The van der Waals surface area contributed by atoms with Gasteiger partial charge in [0.15, 0.2) is 0 Å². The maximum absolute atomic E-state index is 13.1. The SMILES string of the molecule is NC(=O)[C@@H]1CCCC[C@H]1N(CCCC1CCCCC1)C(=O)Nc1ccccc1. The molecule has 0 aliphatic heterocycles. The van der Waals surface area contributed by atoms with Gasteiger partial charge in [-0.15, -0.1) is 0 Å². The minimum absolute atomic E-state index is 0.0821. The molecule has 0 spiro atoms. The maximum atomic E-state index is 13.1. The van der Waals surface area contributed by atoms with Gasteiger partial charge < -0.3 is 16.0 Å². The Balaban J connectivity index is 1.66. The van der Waals surface area contributed by atoms with E-state index in [0.29, 0.717) is 6.54 Å². The fourth-order valence-corrected chi connectivity index (χ4v) is 4.98. The molecule has 0 saturated heterocycles. The van der Waals surface area contributed by atoms with Crippen molar-refractivity contribution in [1.29, 1.82) is 0 Å². The Bertz CT molecular complexity index is 628. The van der Waals surface area contributed by atoms with Crippen LogP contribution >= 0.6 is 0 Å². The number of carbonyl (C=O) groups is 2. The lowest BCUT2D eigenvalue weighted by molar-refractivity contribution is -0.124. The molecule has 1 aromatic rings. The summed E-state index contributed by atoms with van der Waals surface area (Å²) in [4.78, 5) is 27.1. The molecule has 0 heterocycles. The zero-order valence-corrected chi connectivity index (χ0v) is 16.9. The Hall–Kier alpha value is -2.04. The number of amides is 3. The lowest BCUT2D eigenvalue weighted by atomic mass is 9.82. The van der Waals surface area contributed by atoms with E-state index in [1.54, 1.807) is 0 Å². The lowest BCUT2D eigenvalue weighted by Crippen LogP contribution is -2.51. The number of hydrogen-bond acceptors (Lipinski definition) is 2. The molecule has 3 N–H and O–H groups in total. The Morgan fingerprint density at radius 3 is 2.36 bits per heavy atom. The van der Waals surface area contributed by atoms with Crippen LogP contribution in [0.25, 0.3) is 0 Å². The first-order chi connectivity index (χ1) is 13.6. The van der Waals surface area contributed by atoms with Crippen LogP contribution < -0.4 is 11.1 Å². The van der Waals surface area contributed by atoms with Crippen LogP contribution in [-0.2, 0) is 4.79 Å². The van der Waals surface area contributed by atoms with Crippen molar-refractivity contribution in [2.75, 3.05) is 11.9 Å². The number of nitrogens with one attached hydrogen (secondary N) is 1. The molecule has 154 valence electrons. The van der Waals surface area contributed by atoms with Gasteiger partial charge in [-0.3, -0.25) is 4.79 Å². The number of primary amides is 1. The third-order valence-electron chi connectivity index (χ3n) is 6.52. The summed E-state index contributed by atoms with van der Waals surface area (Å²) in [6.45, 7) is 0.698. The fraction of sp³-hybridized carbons (Fsp3) is 0.652. The van der Waals surface area contributed by atoms with Gasteiger partial charge in [0.25, 0.3) is 0 Å². The summed E-state index contributed by atoms with van der Waals surface area (Å²) in [5.74, 6) is 0.297. The van der Waals surface area contributed by atoms with Crippen LogP contribution in [0, 0.1) is 11.8 Å². The topological polar surface area (TPSA) is 75.4 Å². The van der Waals surface area contributed by atoms with Crippen molar-refractivity contribution in [2.24, 2.45) is 17.6 Å². The van der Waals surface area contributed by atoms with Crippen LogP contribution in [0.3, 0.4) is 0 Å². The molecule has 0 radical (unpaired) electrons. The van der Waals surface area contributed by atoms with Gasteiger partial charge in [-0.25, -0.2) is 4.79 Å². The minimum atomic E-state index is -0.269.